The highest BCUT2D eigenvalue weighted by Gasteiger charge is 2.42. The van der Waals surface area contributed by atoms with Crippen LogP contribution in [-0.4, -0.2) is 65.5 Å². The van der Waals surface area contributed by atoms with E-state index in [-0.39, 0.29) is 17.7 Å². The molecule has 2 aliphatic heterocycles. The number of hydrogen-bond acceptors (Lipinski definition) is 7. The van der Waals surface area contributed by atoms with Crippen LogP contribution >= 0.6 is 11.3 Å². The van der Waals surface area contributed by atoms with Crippen molar-refractivity contribution >= 4 is 34.2 Å². The van der Waals surface area contributed by atoms with Gasteiger partial charge in [0.15, 0.2) is 5.13 Å². The minimum absolute atomic E-state index is 0.0295. The molecule has 2 aromatic carbocycles. The fourth-order valence-corrected chi connectivity index (χ4v) is 5.24. The van der Waals surface area contributed by atoms with E-state index in [0.29, 0.717) is 48.9 Å². The van der Waals surface area contributed by atoms with Gasteiger partial charge in [0.25, 0.3) is 11.8 Å². The number of aromatic nitrogens is 1. The molecule has 3 amide bonds. The van der Waals surface area contributed by atoms with Gasteiger partial charge in [-0.05, 0) is 35.4 Å². The molecule has 0 bridgehead atoms. The number of anilines is 1. The number of amides is 3. The molecule has 2 aliphatic rings. The van der Waals surface area contributed by atoms with Crippen molar-refractivity contribution in [1.29, 1.82) is 0 Å². The van der Waals surface area contributed by atoms with Crippen molar-refractivity contribution in [3.63, 3.8) is 0 Å². The summed E-state index contributed by atoms with van der Waals surface area (Å²) in [5.74, 6) is -0.390. The monoisotopic (exact) mass is 520 g/mol. The predicted octanol–water partition coefficient (Wildman–Crippen LogP) is 4.01. The molecule has 0 radical (unpaired) electrons. The lowest BCUT2D eigenvalue weighted by Gasteiger charge is -2.43. The van der Waals surface area contributed by atoms with Crippen molar-refractivity contribution in [3.05, 3.63) is 64.7 Å². The van der Waals surface area contributed by atoms with Gasteiger partial charge in [-0.3, -0.25) is 14.4 Å². The fraction of sp³-hybridized carbons (Fsp3) is 0.333. The van der Waals surface area contributed by atoms with Crippen LogP contribution in [0.5, 0.6) is 5.75 Å². The minimum Gasteiger partial charge on any atom is -0.462 e. The van der Waals surface area contributed by atoms with E-state index in [1.165, 1.54) is 18.3 Å². The van der Waals surface area contributed by atoms with E-state index in [9.17, 15) is 14.4 Å². The maximum absolute atomic E-state index is 12.9. The number of hydrogen-bond donors (Lipinski definition) is 1. The van der Waals surface area contributed by atoms with Crippen molar-refractivity contribution in [3.8, 4) is 16.9 Å². The van der Waals surface area contributed by atoms with Gasteiger partial charge in [0.05, 0.1) is 6.61 Å². The number of carbonyl (C=O) groups is 3. The fourth-order valence-electron chi connectivity index (χ4n) is 4.51. The van der Waals surface area contributed by atoms with Crippen LogP contribution in [0.3, 0.4) is 0 Å². The van der Waals surface area contributed by atoms with E-state index >= 15 is 0 Å². The molecule has 5 rings (SSSR count). The Bertz CT molecular complexity index is 1340. The number of fused-ring (bicyclic) bond motifs is 1. The zero-order valence-corrected chi connectivity index (χ0v) is 21.8. The van der Waals surface area contributed by atoms with Crippen LogP contribution in [0.15, 0.2) is 47.8 Å². The van der Waals surface area contributed by atoms with Gasteiger partial charge in [-0.15, -0.1) is 11.3 Å². The van der Waals surface area contributed by atoms with E-state index < -0.39 is 5.79 Å². The van der Waals surface area contributed by atoms with Gasteiger partial charge >= 0.3 is 0 Å². The molecule has 0 unspecified atom stereocenters. The third-order valence-corrected chi connectivity index (χ3v) is 7.29. The number of likely N-dealkylation sites (tertiary alicyclic amines) is 1. The molecule has 0 saturated carbocycles. The first-order valence-corrected chi connectivity index (χ1v) is 12.9. The first kappa shape index (κ1) is 24.9. The number of piperidine rings is 1. The molecule has 1 spiro atoms. The molecule has 1 aromatic heterocycles. The Hall–Kier alpha value is -3.76. The maximum atomic E-state index is 12.9. The molecule has 0 atom stereocenters. The lowest BCUT2D eigenvalue weighted by molar-refractivity contribution is -0.225. The van der Waals surface area contributed by atoms with Gasteiger partial charge in [0, 0.05) is 63.5 Å². The van der Waals surface area contributed by atoms with Crippen molar-refractivity contribution in [2.75, 3.05) is 32.5 Å². The summed E-state index contributed by atoms with van der Waals surface area (Å²) in [6, 6.07) is 13.6. The van der Waals surface area contributed by atoms with Crippen LogP contribution in [-0.2, 0) is 16.1 Å². The van der Waals surface area contributed by atoms with E-state index in [0.717, 1.165) is 22.4 Å². The number of rotatable bonds is 4. The Morgan fingerprint density at radius 3 is 2.43 bits per heavy atom. The van der Waals surface area contributed by atoms with Crippen LogP contribution in [0.2, 0.25) is 0 Å². The van der Waals surface area contributed by atoms with Crippen molar-refractivity contribution < 1.29 is 23.9 Å². The normalized spacial score (nSPS) is 16.0. The Morgan fingerprint density at radius 1 is 1.05 bits per heavy atom. The largest absolute Gasteiger partial charge is 0.462 e. The summed E-state index contributed by atoms with van der Waals surface area (Å²) in [6.45, 7) is 2.79. The summed E-state index contributed by atoms with van der Waals surface area (Å²) in [7, 11) is 3.47. The predicted molar refractivity (Wildman–Crippen MR) is 140 cm³/mol. The molecule has 3 heterocycles. The van der Waals surface area contributed by atoms with Crippen LogP contribution in [0, 0.1) is 0 Å². The Balaban J connectivity index is 1.22. The minimum atomic E-state index is -0.761. The zero-order valence-electron chi connectivity index (χ0n) is 20.9. The van der Waals surface area contributed by atoms with Crippen molar-refractivity contribution in [2.45, 2.75) is 32.2 Å². The van der Waals surface area contributed by atoms with Crippen LogP contribution in [0.4, 0.5) is 5.13 Å². The van der Waals surface area contributed by atoms with Gasteiger partial charge < -0.3 is 24.6 Å². The SMILES string of the molecule is CC(=O)Nc1nc(C(=O)N2CCC3(CC2)OCc2cc(-c4ccc(C(=O)N(C)C)cc4)ccc2O3)cs1. The lowest BCUT2D eigenvalue weighted by atomic mass is 9.98. The lowest BCUT2D eigenvalue weighted by Crippen LogP contribution is -2.52. The molecular weight excluding hydrogens is 492 g/mol. The third kappa shape index (κ3) is 5.21. The molecule has 9 nitrogen and oxygen atoms in total. The Morgan fingerprint density at radius 2 is 1.76 bits per heavy atom. The van der Waals surface area contributed by atoms with Gasteiger partial charge in [-0.2, -0.15) is 0 Å². The molecule has 192 valence electrons. The smallest absolute Gasteiger partial charge is 0.273 e. The number of ether oxygens (including phenoxy) is 2. The molecular formula is C27H28N4O5S. The molecule has 37 heavy (non-hydrogen) atoms. The number of benzene rings is 2. The number of carbonyl (C=O) groups excluding carboxylic acids is 3. The van der Waals surface area contributed by atoms with Gasteiger partial charge in [0.2, 0.25) is 11.7 Å². The summed E-state index contributed by atoms with van der Waals surface area (Å²) in [5, 5.41) is 4.68. The average Bonchev–Trinajstić information content (AvgIpc) is 3.36. The Labute approximate surface area is 219 Å². The molecule has 1 fully saturated rings. The molecule has 0 aliphatic carbocycles. The van der Waals surface area contributed by atoms with E-state index in [1.54, 1.807) is 29.3 Å². The molecule has 1 saturated heterocycles. The van der Waals surface area contributed by atoms with Crippen molar-refractivity contribution in [1.82, 2.24) is 14.8 Å². The van der Waals surface area contributed by atoms with Gasteiger partial charge in [-0.1, -0.05) is 18.2 Å². The number of nitrogens with zero attached hydrogens (tertiary/aromatic N) is 3. The topological polar surface area (TPSA) is 101 Å². The molecule has 10 heteroatoms. The summed E-state index contributed by atoms with van der Waals surface area (Å²) in [5.41, 5.74) is 3.96. The maximum Gasteiger partial charge on any atom is 0.273 e. The third-order valence-electron chi connectivity index (χ3n) is 6.54. The van der Waals surface area contributed by atoms with Crippen LogP contribution in [0.1, 0.15) is 46.2 Å². The van der Waals surface area contributed by atoms with E-state index in [4.69, 9.17) is 9.47 Å². The summed E-state index contributed by atoms with van der Waals surface area (Å²) < 4.78 is 12.5. The average molecular weight is 521 g/mol. The zero-order chi connectivity index (χ0) is 26.2. The molecule has 1 N–H and O–H groups in total. The summed E-state index contributed by atoms with van der Waals surface area (Å²) >= 11 is 1.23. The highest BCUT2D eigenvalue weighted by molar-refractivity contribution is 7.14. The standard InChI is InChI=1S/C27H28N4O5S/c1-17(32)28-26-29-22(16-37-26)25(34)31-12-10-27(11-13-31)35-15-21-14-20(8-9-23(21)36-27)18-4-6-19(7-5-18)24(33)30(2)3/h4-9,14,16H,10-13,15H2,1-3H3,(H,28,29,32). The first-order chi connectivity index (χ1) is 17.7. The summed E-state index contributed by atoms with van der Waals surface area (Å²) in [4.78, 5) is 43.8. The highest BCUT2D eigenvalue weighted by atomic mass is 32.1. The van der Waals surface area contributed by atoms with Gasteiger partial charge in [-0.25, -0.2) is 4.98 Å². The highest BCUT2D eigenvalue weighted by Crippen LogP contribution is 2.39. The second-order valence-corrected chi connectivity index (χ2v) is 10.3. The first-order valence-electron chi connectivity index (χ1n) is 12.0. The molecule has 3 aromatic rings. The van der Waals surface area contributed by atoms with Crippen molar-refractivity contribution in [2.24, 2.45) is 0 Å². The van der Waals surface area contributed by atoms with Crippen LogP contribution in [0.25, 0.3) is 11.1 Å². The second kappa shape index (κ2) is 9.95. The van der Waals surface area contributed by atoms with Gasteiger partial charge in [0.1, 0.15) is 11.4 Å². The van der Waals surface area contributed by atoms with Crippen LogP contribution < -0.4 is 10.1 Å². The Kier molecular flexibility index (Phi) is 6.70. The number of thiazole rings is 1. The summed E-state index contributed by atoms with van der Waals surface area (Å²) in [6.07, 6.45) is 1.09. The van der Waals surface area contributed by atoms with E-state index in [1.807, 2.05) is 36.4 Å². The number of nitrogens with one attached hydrogen (secondary N) is 1. The second-order valence-electron chi connectivity index (χ2n) is 9.41. The van der Waals surface area contributed by atoms with E-state index in [2.05, 4.69) is 16.4 Å². The quantitative estimate of drug-likeness (QED) is 0.558.